The SMILES string of the molecule is O=C(NCc1ccc(F)c(Cl)c1)c1cccc(Cl)c1. The molecule has 0 spiro atoms. The lowest BCUT2D eigenvalue weighted by atomic mass is 10.2. The normalized spacial score (nSPS) is 10.3. The molecule has 2 aromatic rings. The molecule has 19 heavy (non-hydrogen) atoms. The highest BCUT2D eigenvalue weighted by molar-refractivity contribution is 6.31. The predicted molar refractivity (Wildman–Crippen MR) is 74.0 cm³/mol. The fraction of sp³-hybridized carbons (Fsp3) is 0.0714. The summed E-state index contributed by atoms with van der Waals surface area (Å²) >= 11 is 11.5. The van der Waals surface area contributed by atoms with Crippen molar-refractivity contribution in [1.82, 2.24) is 5.32 Å². The molecule has 0 saturated carbocycles. The molecule has 0 radical (unpaired) electrons. The van der Waals surface area contributed by atoms with E-state index in [2.05, 4.69) is 5.32 Å². The van der Waals surface area contributed by atoms with E-state index in [9.17, 15) is 9.18 Å². The van der Waals surface area contributed by atoms with Crippen LogP contribution in [0.4, 0.5) is 4.39 Å². The summed E-state index contributed by atoms with van der Waals surface area (Å²) < 4.78 is 13.0. The van der Waals surface area contributed by atoms with Crippen molar-refractivity contribution in [3.05, 3.63) is 69.5 Å². The van der Waals surface area contributed by atoms with Crippen molar-refractivity contribution < 1.29 is 9.18 Å². The van der Waals surface area contributed by atoms with Gasteiger partial charge in [0.15, 0.2) is 0 Å². The topological polar surface area (TPSA) is 29.1 Å². The molecule has 1 N–H and O–H groups in total. The second-order valence-electron chi connectivity index (χ2n) is 3.94. The van der Waals surface area contributed by atoms with Gasteiger partial charge in [-0.15, -0.1) is 0 Å². The summed E-state index contributed by atoms with van der Waals surface area (Å²) in [7, 11) is 0. The molecule has 0 fully saturated rings. The fourth-order valence-electron chi connectivity index (χ4n) is 1.56. The van der Waals surface area contributed by atoms with E-state index in [1.807, 2.05) is 0 Å². The van der Waals surface area contributed by atoms with Crippen LogP contribution >= 0.6 is 23.2 Å². The van der Waals surface area contributed by atoms with Crippen molar-refractivity contribution in [2.75, 3.05) is 0 Å². The van der Waals surface area contributed by atoms with Crippen LogP contribution in [0.25, 0.3) is 0 Å². The molecule has 5 heteroatoms. The number of benzene rings is 2. The lowest BCUT2D eigenvalue weighted by molar-refractivity contribution is 0.0951. The van der Waals surface area contributed by atoms with Gasteiger partial charge in [0.1, 0.15) is 5.82 Å². The number of hydrogen-bond acceptors (Lipinski definition) is 1. The second kappa shape index (κ2) is 6.04. The Hall–Kier alpha value is -1.58. The van der Waals surface area contributed by atoms with Gasteiger partial charge in [-0.05, 0) is 35.9 Å². The molecule has 1 amide bonds. The molecule has 0 bridgehead atoms. The van der Waals surface area contributed by atoms with Crippen molar-refractivity contribution in [2.24, 2.45) is 0 Å². The maximum atomic E-state index is 13.0. The summed E-state index contributed by atoms with van der Waals surface area (Å²) in [5.41, 5.74) is 1.20. The quantitative estimate of drug-likeness (QED) is 0.909. The summed E-state index contributed by atoms with van der Waals surface area (Å²) in [4.78, 5) is 11.8. The molecule has 0 aliphatic rings. The minimum absolute atomic E-state index is 0.0366. The first-order valence-corrected chi connectivity index (χ1v) is 6.29. The lowest BCUT2D eigenvalue weighted by Gasteiger charge is -2.06. The first-order chi connectivity index (χ1) is 9.06. The highest BCUT2D eigenvalue weighted by Gasteiger charge is 2.06. The van der Waals surface area contributed by atoms with E-state index in [1.54, 1.807) is 30.3 Å². The van der Waals surface area contributed by atoms with Crippen LogP contribution in [0.15, 0.2) is 42.5 Å². The maximum absolute atomic E-state index is 13.0. The number of rotatable bonds is 3. The molecule has 0 aliphatic heterocycles. The smallest absolute Gasteiger partial charge is 0.251 e. The molecular weight excluding hydrogens is 288 g/mol. The van der Waals surface area contributed by atoms with Crippen LogP contribution in [-0.4, -0.2) is 5.91 Å². The number of hydrogen-bond donors (Lipinski definition) is 1. The Morgan fingerprint density at radius 2 is 1.95 bits per heavy atom. The van der Waals surface area contributed by atoms with Gasteiger partial charge >= 0.3 is 0 Å². The van der Waals surface area contributed by atoms with E-state index in [1.165, 1.54) is 12.1 Å². The highest BCUT2D eigenvalue weighted by Crippen LogP contribution is 2.16. The predicted octanol–water partition coefficient (Wildman–Crippen LogP) is 4.06. The van der Waals surface area contributed by atoms with Crippen LogP contribution in [0.2, 0.25) is 10.0 Å². The van der Waals surface area contributed by atoms with Gasteiger partial charge in [0.25, 0.3) is 5.91 Å². The van der Waals surface area contributed by atoms with Crippen molar-refractivity contribution in [3.63, 3.8) is 0 Å². The van der Waals surface area contributed by atoms with Gasteiger partial charge in [0.05, 0.1) is 5.02 Å². The maximum Gasteiger partial charge on any atom is 0.251 e. The van der Waals surface area contributed by atoms with Gasteiger partial charge in [-0.2, -0.15) is 0 Å². The Kier molecular flexibility index (Phi) is 4.40. The van der Waals surface area contributed by atoms with Crippen LogP contribution in [0, 0.1) is 5.82 Å². The van der Waals surface area contributed by atoms with Crippen LogP contribution in [0.1, 0.15) is 15.9 Å². The third-order valence-corrected chi connectivity index (χ3v) is 3.05. The zero-order valence-electron chi connectivity index (χ0n) is 9.79. The van der Waals surface area contributed by atoms with E-state index in [4.69, 9.17) is 23.2 Å². The van der Waals surface area contributed by atoms with Crippen molar-refractivity contribution >= 4 is 29.1 Å². The molecule has 2 rings (SSSR count). The number of halogens is 3. The largest absolute Gasteiger partial charge is 0.348 e. The Morgan fingerprint density at radius 3 is 2.63 bits per heavy atom. The van der Waals surface area contributed by atoms with Crippen molar-refractivity contribution in [2.45, 2.75) is 6.54 Å². The van der Waals surface area contributed by atoms with Crippen LogP contribution < -0.4 is 5.32 Å². The number of carbonyl (C=O) groups excluding carboxylic acids is 1. The lowest BCUT2D eigenvalue weighted by Crippen LogP contribution is -2.22. The monoisotopic (exact) mass is 297 g/mol. The van der Waals surface area contributed by atoms with E-state index in [0.717, 1.165) is 5.56 Å². The molecule has 2 aromatic carbocycles. The molecular formula is C14H10Cl2FNO. The van der Waals surface area contributed by atoms with Gasteiger partial charge < -0.3 is 5.32 Å². The van der Waals surface area contributed by atoms with Gasteiger partial charge in [-0.1, -0.05) is 35.3 Å². The molecule has 0 atom stereocenters. The van der Waals surface area contributed by atoms with E-state index in [0.29, 0.717) is 10.6 Å². The summed E-state index contributed by atoms with van der Waals surface area (Å²) in [5.74, 6) is -0.727. The van der Waals surface area contributed by atoms with Gasteiger partial charge in [-0.25, -0.2) is 4.39 Å². The zero-order chi connectivity index (χ0) is 13.8. The first kappa shape index (κ1) is 13.8. The van der Waals surface area contributed by atoms with Crippen molar-refractivity contribution in [3.8, 4) is 0 Å². The molecule has 0 aliphatic carbocycles. The zero-order valence-corrected chi connectivity index (χ0v) is 11.3. The number of nitrogens with one attached hydrogen (secondary N) is 1. The third-order valence-electron chi connectivity index (χ3n) is 2.52. The average molecular weight is 298 g/mol. The number of amides is 1. The van der Waals surface area contributed by atoms with E-state index < -0.39 is 5.82 Å². The average Bonchev–Trinajstić information content (AvgIpc) is 2.40. The molecule has 2 nitrogen and oxygen atoms in total. The van der Waals surface area contributed by atoms with Crippen LogP contribution in [0.3, 0.4) is 0 Å². The molecule has 0 heterocycles. The standard InChI is InChI=1S/C14H10Cl2FNO/c15-11-3-1-2-10(7-11)14(19)18-8-9-4-5-13(17)12(16)6-9/h1-7H,8H2,(H,18,19). The van der Waals surface area contributed by atoms with E-state index in [-0.39, 0.29) is 17.5 Å². The van der Waals surface area contributed by atoms with Gasteiger partial charge in [0, 0.05) is 17.1 Å². The summed E-state index contributed by atoms with van der Waals surface area (Å²) in [6, 6.07) is 11.0. The Bertz CT molecular complexity index is 616. The minimum Gasteiger partial charge on any atom is -0.348 e. The van der Waals surface area contributed by atoms with Gasteiger partial charge in [0.2, 0.25) is 0 Å². The first-order valence-electron chi connectivity index (χ1n) is 5.54. The Balaban J connectivity index is 2.02. The molecule has 0 unspecified atom stereocenters. The van der Waals surface area contributed by atoms with Crippen LogP contribution in [-0.2, 0) is 6.54 Å². The second-order valence-corrected chi connectivity index (χ2v) is 4.79. The summed E-state index contributed by atoms with van der Waals surface area (Å²) in [6.45, 7) is 0.269. The van der Waals surface area contributed by atoms with Crippen molar-refractivity contribution in [1.29, 1.82) is 0 Å². The molecule has 0 saturated heterocycles. The van der Waals surface area contributed by atoms with Gasteiger partial charge in [-0.3, -0.25) is 4.79 Å². The Labute approximate surface area is 120 Å². The van der Waals surface area contributed by atoms with E-state index >= 15 is 0 Å². The highest BCUT2D eigenvalue weighted by atomic mass is 35.5. The summed E-state index contributed by atoms with van der Waals surface area (Å²) in [5, 5.41) is 3.24. The van der Waals surface area contributed by atoms with Crippen LogP contribution in [0.5, 0.6) is 0 Å². The Morgan fingerprint density at radius 1 is 1.16 bits per heavy atom. The fourth-order valence-corrected chi connectivity index (χ4v) is 1.96. The molecule has 0 aromatic heterocycles. The number of carbonyl (C=O) groups is 1. The molecule has 98 valence electrons. The third kappa shape index (κ3) is 3.69. The minimum atomic E-state index is -0.480. The summed E-state index contributed by atoms with van der Waals surface area (Å²) in [6.07, 6.45) is 0.